The van der Waals surface area contributed by atoms with Crippen molar-refractivity contribution in [2.75, 3.05) is 28.8 Å². The molecular formula is C42H56Cl2N6O10S. The lowest BCUT2D eigenvalue weighted by molar-refractivity contribution is -0.152. The third-order valence-corrected chi connectivity index (χ3v) is 10.7. The summed E-state index contributed by atoms with van der Waals surface area (Å²) in [6.45, 7) is 19.5. The highest BCUT2D eigenvalue weighted by Crippen LogP contribution is 2.33. The number of esters is 1. The number of aromatic nitrogens is 3. The Morgan fingerprint density at radius 1 is 0.754 bits per heavy atom. The van der Waals surface area contributed by atoms with E-state index in [2.05, 4.69) is 10.2 Å². The van der Waals surface area contributed by atoms with Crippen molar-refractivity contribution in [3.8, 4) is 5.82 Å². The lowest BCUT2D eigenvalue weighted by atomic mass is 10.2. The summed E-state index contributed by atoms with van der Waals surface area (Å²) in [5.74, 6) is -0.258. The van der Waals surface area contributed by atoms with Gasteiger partial charge in [0.05, 0.1) is 11.2 Å². The maximum absolute atomic E-state index is 14.1. The first-order valence-corrected chi connectivity index (χ1v) is 21.8. The van der Waals surface area contributed by atoms with Crippen LogP contribution in [0.25, 0.3) is 16.7 Å². The Bertz CT molecular complexity index is 2250. The average molecular weight is 908 g/mol. The molecule has 0 bridgehead atoms. The van der Waals surface area contributed by atoms with E-state index in [9.17, 15) is 27.6 Å². The Morgan fingerprint density at radius 3 is 1.85 bits per heavy atom. The molecule has 1 aliphatic rings. The molecule has 3 amide bonds. The normalized spacial score (nSPS) is 15.0. The van der Waals surface area contributed by atoms with Crippen LogP contribution in [0.15, 0.2) is 64.8 Å². The number of hydrogen-bond donors (Lipinski definition) is 0. The molecule has 0 spiro atoms. The van der Waals surface area contributed by atoms with E-state index in [1.54, 1.807) is 130 Å². The predicted molar refractivity (Wildman–Crippen MR) is 235 cm³/mol. The second-order valence-electron chi connectivity index (χ2n) is 18.3. The van der Waals surface area contributed by atoms with Crippen LogP contribution in [-0.2, 0) is 33.8 Å². The molecule has 334 valence electrons. The van der Waals surface area contributed by atoms with Gasteiger partial charge in [-0.25, -0.2) is 27.7 Å². The smallest absolute Gasteiger partial charge is 0.419 e. The van der Waals surface area contributed by atoms with Gasteiger partial charge in [0, 0.05) is 41.2 Å². The van der Waals surface area contributed by atoms with Crippen molar-refractivity contribution in [1.82, 2.24) is 19.7 Å². The van der Waals surface area contributed by atoms with Crippen LogP contribution >= 0.6 is 23.2 Å². The Hall–Kier alpha value is -4.87. The molecule has 4 rings (SSSR count). The molecule has 0 N–H and O–H groups in total. The first kappa shape index (κ1) is 48.8. The monoisotopic (exact) mass is 906 g/mol. The van der Waals surface area contributed by atoms with Gasteiger partial charge in [0.1, 0.15) is 34.2 Å². The van der Waals surface area contributed by atoms with Gasteiger partial charge in [0.2, 0.25) is 10.0 Å². The van der Waals surface area contributed by atoms with Crippen LogP contribution in [0.4, 0.5) is 25.9 Å². The van der Waals surface area contributed by atoms with Crippen LogP contribution in [0.2, 0.25) is 0 Å². The lowest BCUT2D eigenvalue weighted by Crippen LogP contribution is -2.45. The van der Waals surface area contributed by atoms with E-state index < -0.39 is 68.5 Å². The quantitative estimate of drug-likeness (QED) is 0.132. The Kier molecular flexibility index (Phi) is 14.9. The largest absolute Gasteiger partial charge is 0.459 e. The summed E-state index contributed by atoms with van der Waals surface area (Å²) in [6.07, 6.45) is 2.12. The van der Waals surface area contributed by atoms with Gasteiger partial charge in [0.25, 0.3) is 0 Å². The molecule has 0 saturated heterocycles. The third-order valence-electron chi connectivity index (χ3n) is 8.14. The van der Waals surface area contributed by atoms with Gasteiger partial charge >= 0.3 is 24.2 Å². The van der Waals surface area contributed by atoms with Crippen LogP contribution in [0.5, 0.6) is 0 Å². The highest BCUT2D eigenvalue weighted by atomic mass is 35.5. The standard InChI is InChI=1S/C42H56Cl2N6O10S/c1-39(2,3)57-35(51)26-50(61(55,56)31-24-28(43)23-29(44)25-31)30-14-15-32-27(22-30)18-21-47(32)33-16-17-34(46-45-33)48(36(52)58-40(4,5)6)19-13-20-49(37(53)59-41(7,8)9)38(54)60-42(10,11)12/h14-18,21-24,31H,13,19-20,25-26H2,1-12H3. The van der Waals surface area contributed by atoms with Gasteiger partial charge < -0.3 is 18.9 Å². The third kappa shape index (κ3) is 14.1. The molecule has 61 heavy (non-hydrogen) atoms. The van der Waals surface area contributed by atoms with E-state index in [1.165, 1.54) is 17.1 Å². The maximum atomic E-state index is 14.1. The Morgan fingerprint density at radius 2 is 1.33 bits per heavy atom. The molecule has 0 aliphatic heterocycles. The molecule has 16 nitrogen and oxygen atoms in total. The minimum Gasteiger partial charge on any atom is -0.459 e. The summed E-state index contributed by atoms with van der Waals surface area (Å²) in [5, 5.41) is 8.64. The zero-order chi connectivity index (χ0) is 45.9. The molecule has 1 unspecified atom stereocenters. The second kappa shape index (κ2) is 18.6. The molecule has 0 fully saturated rings. The van der Waals surface area contributed by atoms with Crippen LogP contribution in [0, 0.1) is 0 Å². The number of carbonyl (C=O) groups excluding carboxylic acids is 4. The maximum Gasteiger partial charge on any atom is 0.419 e. The summed E-state index contributed by atoms with van der Waals surface area (Å²) >= 11 is 12.4. The SMILES string of the molecule is CC(C)(C)OC(=O)CN(c1ccc2c(ccn2-c2ccc(N(CCCN(C(=O)OC(C)(C)C)C(=O)OC(C)(C)C)C(=O)OC(C)(C)C)nn2)c1)S(=O)(=O)C1C=C(Cl)C=C(Cl)C1. The number of benzene rings is 1. The van der Waals surface area contributed by atoms with E-state index in [0.29, 0.717) is 16.7 Å². The van der Waals surface area contributed by atoms with Crippen LogP contribution in [0.3, 0.4) is 0 Å². The first-order chi connectivity index (χ1) is 27.9. The summed E-state index contributed by atoms with van der Waals surface area (Å²) in [7, 11) is -4.25. The number of imide groups is 1. The molecule has 2 aromatic heterocycles. The minimum atomic E-state index is -4.25. The fourth-order valence-corrected chi connectivity index (χ4v) is 8.35. The summed E-state index contributed by atoms with van der Waals surface area (Å²) in [5.41, 5.74) is -2.67. The van der Waals surface area contributed by atoms with Crippen molar-refractivity contribution >= 4 is 79.9 Å². The molecular weight excluding hydrogens is 851 g/mol. The minimum absolute atomic E-state index is 0.0276. The van der Waals surface area contributed by atoms with E-state index in [4.69, 9.17) is 42.1 Å². The summed E-state index contributed by atoms with van der Waals surface area (Å²) in [6, 6.07) is 9.83. The fraction of sp³-hybridized carbons (Fsp3) is 0.524. The zero-order valence-electron chi connectivity index (χ0n) is 36.7. The number of sulfonamides is 1. The Balaban J connectivity index is 1.64. The van der Waals surface area contributed by atoms with Crippen LogP contribution in [0.1, 0.15) is 95.9 Å². The van der Waals surface area contributed by atoms with Gasteiger partial charge in [-0.3, -0.25) is 18.6 Å². The van der Waals surface area contributed by atoms with Crippen molar-refractivity contribution < 1.29 is 46.5 Å². The molecule has 1 aromatic carbocycles. The number of carbonyl (C=O) groups is 4. The molecule has 0 radical (unpaired) electrons. The number of rotatable bonds is 11. The van der Waals surface area contributed by atoms with E-state index in [-0.39, 0.29) is 47.5 Å². The number of hydrogen-bond acceptors (Lipinski definition) is 12. The van der Waals surface area contributed by atoms with Crippen molar-refractivity contribution in [1.29, 1.82) is 0 Å². The molecule has 2 heterocycles. The highest BCUT2D eigenvalue weighted by Gasteiger charge is 2.36. The molecule has 19 heteroatoms. The zero-order valence-corrected chi connectivity index (χ0v) is 39.1. The summed E-state index contributed by atoms with van der Waals surface area (Å²) in [4.78, 5) is 54.9. The number of ether oxygens (including phenoxy) is 4. The first-order valence-electron chi connectivity index (χ1n) is 19.6. The number of nitrogens with zero attached hydrogens (tertiary/aromatic N) is 6. The van der Waals surface area contributed by atoms with Gasteiger partial charge in [-0.1, -0.05) is 23.2 Å². The van der Waals surface area contributed by atoms with E-state index in [0.717, 1.165) is 9.21 Å². The van der Waals surface area contributed by atoms with Crippen LogP contribution < -0.4 is 9.21 Å². The molecule has 1 atom stereocenters. The van der Waals surface area contributed by atoms with Crippen molar-refractivity contribution in [2.24, 2.45) is 0 Å². The van der Waals surface area contributed by atoms with Crippen molar-refractivity contribution in [2.45, 2.75) is 124 Å². The lowest BCUT2D eigenvalue weighted by Gasteiger charge is -2.30. The summed E-state index contributed by atoms with van der Waals surface area (Å²) < 4.78 is 53.1. The van der Waals surface area contributed by atoms with Gasteiger partial charge in [-0.15, -0.1) is 10.2 Å². The number of halogens is 2. The van der Waals surface area contributed by atoms with Gasteiger partial charge in [-0.05, 0) is 138 Å². The van der Waals surface area contributed by atoms with E-state index in [1.807, 2.05) is 0 Å². The molecule has 3 aromatic rings. The number of anilines is 2. The average Bonchev–Trinajstić information content (AvgIpc) is 3.50. The highest BCUT2D eigenvalue weighted by molar-refractivity contribution is 7.93. The number of allylic oxidation sites excluding steroid dienone is 3. The predicted octanol–water partition coefficient (Wildman–Crippen LogP) is 9.22. The number of amides is 3. The second-order valence-corrected chi connectivity index (χ2v) is 21.3. The molecule has 0 saturated carbocycles. The van der Waals surface area contributed by atoms with E-state index >= 15 is 0 Å². The van der Waals surface area contributed by atoms with Crippen molar-refractivity contribution in [3.05, 3.63) is 64.8 Å². The topological polar surface area (TPSA) is 180 Å². The van der Waals surface area contributed by atoms with Gasteiger partial charge in [-0.2, -0.15) is 0 Å². The van der Waals surface area contributed by atoms with Gasteiger partial charge in [0.15, 0.2) is 11.6 Å². The van der Waals surface area contributed by atoms with Crippen LogP contribution in [-0.4, -0.2) is 99.6 Å². The van der Waals surface area contributed by atoms with Crippen molar-refractivity contribution in [3.63, 3.8) is 0 Å². The fourth-order valence-electron chi connectivity index (χ4n) is 5.83. The number of fused-ring (bicyclic) bond motifs is 1. The Labute approximate surface area is 367 Å². The molecule has 1 aliphatic carbocycles.